The van der Waals surface area contributed by atoms with E-state index in [9.17, 15) is 4.79 Å². The minimum atomic E-state index is -0.275. The molecule has 1 atom stereocenters. The molecule has 0 spiro atoms. The molecular formula is C20H18N2O2S. The highest BCUT2D eigenvalue weighted by molar-refractivity contribution is 8.00. The molecule has 0 unspecified atom stereocenters. The second kappa shape index (κ2) is 6.84. The molecule has 0 saturated carbocycles. The number of ketones is 1. The largest absolute Gasteiger partial charge is 0.411 e. The number of rotatable bonds is 5. The van der Waals surface area contributed by atoms with Gasteiger partial charge in [0, 0.05) is 11.1 Å². The molecule has 0 saturated heterocycles. The maximum absolute atomic E-state index is 12.7. The molecule has 0 fully saturated rings. The minimum absolute atomic E-state index is 0.0964. The SMILES string of the molecule is C[C@H](Sc1nnc(-c2ccccc2)o1)C(=O)c1ccc2c(c1)CCC2. The number of hydrogen-bond donors (Lipinski definition) is 0. The summed E-state index contributed by atoms with van der Waals surface area (Å²) >= 11 is 1.31. The van der Waals surface area contributed by atoms with E-state index in [1.165, 1.54) is 29.3 Å². The van der Waals surface area contributed by atoms with Gasteiger partial charge in [0.15, 0.2) is 5.78 Å². The molecule has 0 N–H and O–H groups in total. The Labute approximate surface area is 150 Å². The third-order valence-electron chi connectivity index (χ3n) is 4.46. The Morgan fingerprint density at radius 3 is 2.72 bits per heavy atom. The summed E-state index contributed by atoms with van der Waals surface area (Å²) in [7, 11) is 0. The van der Waals surface area contributed by atoms with E-state index < -0.39 is 0 Å². The number of benzene rings is 2. The Kier molecular flexibility index (Phi) is 4.40. The molecule has 4 rings (SSSR count). The summed E-state index contributed by atoms with van der Waals surface area (Å²) in [6.45, 7) is 1.88. The molecule has 3 aromatic rings. The van der Waals surface area contributed by atoms with Gasteiger partial charge in [-0.15, -0.1) is 10.2 Å². The Balaban J connectivity index is 1.47. The van der Waals surface area contributed by atoms with Crippen molar-refractivity contribution in [2.45, 2.75) is 36.7 Å². The Morgan fingerprint density at radius 1 is 1.08 bits per heavy atom. The molecule has 0 amide bonds. The summed E-state index contributed by atoms with van der Waals surface area (Å²) in [4.78, 5) is 12.7. The van der Waals surface area contributed by atoms with Gasteiger partial charge < -0.3 is 4.42 Å². The van der Waals surface area contributed by atoms with Crippen LogP contribution in [0.1, 0.15) is 34.8 Å². The van der Waals surface area contributed by atoms with E-state index in [2.05, 4.69) is 16.3 Å². The molecule has 1 aromatic heterocycles. The van der Waals surface area contributed by atoms with Gasteiger partial charge in [-0.3, -0.25) is 4.79 Å². The summed E-state index contributed by atoms with van der Waals surface area (Å²) < 4.78 is 5.69. The summed E-state index contributed by atoms with van der Waals surface area (Å²) in [5, 5.41) is 8.27. The fourth-order valence-electron chi connectivity index (χ4n) is 3.12. The first-order valence-corrected chi connectivity index (χ1v) is 9.30. The van der Waals surface area contributed by atoms with Crippen molar-refractivity contribution in [3.8, 4) is 11.5 Å². The van der Waals surface area contributed by atoms with Crippen molar-refractivity contribution in [1.29, 1.82) is 0 Å². The number of hydrogen-bond acceptors (Lipinski definition) is 5. The molecular weight excluding hydrogens is 332 g/mol. The van der Waals surface area contributed by atoms with Crippen LogP contribution in [0.15, 0.2) is 58.2 Å². The third kappa shape index (κ3) is 3.37. The molecule has 4 nitrogen and oxygen atoms in total. The van der Waals surface area contributed by atoms with Gasteiger partial charge in [-0.05, 0) is 55.5 Å². The van der Waals surface area contributed by atoms with Crippen molar-refractivity contribution < 1.29 is 9.21 Å². The molecule has 1 aliphatic carbocycles. The first kappa shape index (κ1) is 16.1. The van der Waals surface area contributed by atoms with Crippen LogP contribution in [0.3, 0.4) is 0 Å². The van der Waals surface area contributed by atoms with Gasteiger partial charge >= 0.3 is 0 Å². The quantitative estimate of drug-likeness (QED) is 0.498. The van der Waals surface area contributed by atoms with Crippen molar-refractivity contribution in [2.24, 2.45) is 0 Å². The van der Waals surface area contributed by atoms with Crippen LogP contribution in [0.25, 0.3) is 11.5 Å². The lowest BCUT2D eigenvalue weighted by atomic mass is 10.0. The predicted molar refractivity (Wildman–Crippen MR) is 97.9 cm³/mol. The van der Waals surface area contributed by atoms with Gasteiger partial charge in [0.25, 0.3) is 5.22 Å². The van der Waals surface area contributed by atoms with Gasteiger partial charge in [0.1, 0.15) is 0 Å². The van der Waals surface area contributed by atoms with E-state index >= 15 is 0 Å². The molecule has 5 heteroatoms. The van der Waals surface area contributed by atoms with Crippen LogP contribution < -0.4 is 0 Å². The number of thioether (sulfide) groups is 1. The zero-order valence-electron chi connectivity index (χ0n) is 13.9. The van der Waals surface area contributed by atoms with E-state index in [0.717, 1.165) is 24.0 Å². The van der Waals surface area contributed by atoms with Crippen LogP contribution in [0.4, 0.5) is 0 Å². The maximum Gasteiger partial charge on any atom is 0.277 e. The average Bonchev–Trinajstić information content (AvgIpc) is 3.30. The zero-order valence-corrected chi connectivity index (χ0v) is 14.8. The minimum Gasteiger partial charge on any atom is -0.411 e. The smallest absolute Gasteiger partial charge is 0.277 e. The normalized spacial score (nSPS) is 14.3. The van der Waals surface area contributed by atoms with Crippen LogP contribution >= 0.6 is 11.8 Å². The first-order chi connectivity index (χ1) is 12.2. The molecule has 0 bridgehead atoms. The van der Waals surface area contributed by atoms with E-state index in [4.69, 9.17) is 4.42 Å². The second-order valence-electron chi connectivity index (χ2n) is 6.20. The van der Waals surface area contributed by atoms with E-state index in [0.29, 0.717) is 11.1 Å². The van der Waals surface area contributed by atoms with Gasteiger partial charge in [-0.1, -0.05) is 42.1 Å². The number of aromatic nitrogens is 2. The molecule has 2 aromatic carbocycles. The third-order valence-corrected chi connectivity index (χ3v) is 5.39. The lowest BCUT2D eigenvalue weighted by Gasteiger charge is -2.09. The molecule has 0 radical (unpaired) electrons. The number of aryl methyl sites for hydroxylation is 2. The van der Waals surface area contributed by atoms with Gasteiger partial charge in [0.05, 0.1) is 5.25 Å². The van der Waals surface area contributed by atoms with Crippen LogP contribution in [0.2, 0.25) is 0 Å². The van der Waals surface area contributed by atoms with E-state index in [-0.39, 0.29) is 11.0 Å². The van der Waals surface area contributed by atoms with Crippen molar-refractivity contribution in [3.63, 3.8) is 0 Å². The number of carbonyl (C=O) groups is 1. The maximum atomic E-state index is 12.7. The highest BCUT2D eigenvalue weighted by Crippen LogP contribution is 2.29. The highest BCUT2D eigenvalue weighted by atomic mass is 32.2. The molecule has 1 aliphatic rings. The van der Waals surface area contributed by atoms with Crippen LogP contribution in [-0.4, -0.2) is 21.2 Å². The lowest BCUT2D eigenvalue weighted by molar-refractivity contribution is 0.0993. The van der Waals surface area contributed by atoms with Crippen molar-refractivity contribution in [2.75, 3.05) is 0 Å². The Morgan fingerprint density at radius 2 is 1.88 bits per heavy atom. The van der Waals surface area contributed by atoms with Gasteiger partial charge in [0.2, 0.25) is 5.89 Å². The van der Waals surface area contributed by atoms with Gasteiger partial charge in [-0.25, -0.2) is 0 Å². The van der Waals surface area contributed by atoms with E-state index in [1.54, 1.807) is 0 Å². The summed E-state index contributed by atoms with van der Waals surface area (Å²) in [5.74, 6) is 0.569. The molecule has 126 valence electrons. The molecule has 1 heterocycles. The lowest BCUT2D eigenvalue weighted by Crippen LogP contribution is -2.13. The molecule has 25 heavy (non-hydrogen) atoms. The van der Waals surface area contributed by atoms with Crippen molar-refractivity contribution >= 4 is 17.5 Å². The van der Waals surface area contributed by atoms with E-state index in [1.807, 2.05) is 49.4 Å². The highest BCUT2D eigenvalue weighted by Gasteiger charge is 2.21. The Bertz CT molecular complexity index is 905. The fourth-order valence-corrected chi connectivity index (χ4v) is 3.88. The predicted octanol–water partition coefficient (Wildman–Crippen LogP) is 4.59. The van der Waals surface area contributed by atoms with Crippen LogP contribution in [-0.2, 0) is 12.8 Å². The number of nitrogens with zero attached hydrogens (tertiary/aromatic N) is 2. The standard InChI is InChI=1S/C20H18N2O2S/c1-13(18(23)17-11-10-14-8-5-9-16(14)12-17)25-20-22-21-19(24-20)15-6-3-2-4-7-15/h2-4,6-7,10-13H,5,8-9H2,1H3/t13-/m0/s1. The summed E-state index contributed by atoms with van der Waals surface area (Å²) in [6.07, 6.45) is 3.38. The Hall–Kier alpha value is -2.40. The topological polar surface area (TPSA) is 56.0 Å². The number of carbonyl (C=O) groups excluding carboxylic acids is 1. The van der Waals surface area contributed by atoms with Crippen molar-refractivity contribution in [3.05, 3.63) is 65.2 Å². The fraction of sp³-hybridized carbons (Fsp3) is 0.250. The zero-order chi connectivity index (χ0) is 17.2. The van der Waals surface area contributed by atoms with Crippen molar-refractivity contribution in [1.82, 2.24) is 10.2 Å². The second-order valence-corrected chi connectivity index (χ2v) is 7.49. The average molecular weight is 350 g/mol. The number of Topliss-reactive ketones (excluding diaryl/α,β-unsaturated/α-hetero) is 1. The summed E-state index contributed by atoms with van der Waals surface area (Å²) in [6, 6.07) is 15.7. The van der Waals surface area contributed by atoms with Gasteiger partial charge in [-0.2, -0.15) is 0 Å². The monoisotopic (exact) mass is 350 g/mol. The molecule has 0 aliphatic heterocycles. The summed E-state index contributed by atoms with van der Waals surface area (Å²) in [5.41, 5.74) is 4.33. The first-order valence-electron chi connectivity index (χ1n) is 8.42. The van der Waals surface area contributed by atoms with Crippen LogP contribution in [0, 0.1) is 0 Å². The van der Waals surface area contributed by atoms with Crippen LogP contribution in [0.5, 0.6) is 0 Å². The number of fused-ring (bicyclic) bond motifs is 1.